The van der Waals surface area contributed by atoms with Crippen LogP contribution < -0.4 is 5.32 Å². The zero-order valence-electron chi connectivity index (χ0n) is 18.4. The van der Waals surface area contributed by atoms with Crippen LogP contribution in [0.25, 0.3) is 0 Å². The molecule has 6 heteroatoms. The van der Waals surface area contributed by atoms with Gasteiger partial charge in [0.25, 0.3) is 5.91 Å². The lowest BCUT2D eigenvalue weighted by molar-refractivity contribution is 0.0951. The highest BCUT2D eigenvalue weighted by Crippen LogP contribution is 2.24. The smallest absolute Gasteiger partial charge is 0.252 e. The molecule has 1 heterocycles. The maximum absolute atomic E-state index is 12.8. The minimum absolute atomic E-state index is 0.00171. The maximum atomic E-state index is 12.8. The van der Waals surface area contributed by atoms with E-state index in [-0.39, 0.29) is 23.4 Å². The molecule has 0 fully saturated rings. The van der Waals surface area contributed by atoms with Crippen LogP contribution in [0.4, 0.5) is 0 Å². The van der Waals surface area contributed by atoms with Gasteiger partial charge in [0, 0.05) is 29.2 Å². The van der Waals surface area contributed by atoms with E-state index in [2.05, 4.69) is 34.6 Å². The summed E-state index contributed by atoms with van der Waals surface area (Å²) in [4.78, 5) is 29.5. The molecule has 1 aromatic heterocycles. The number of nitrogens with one attached hydrogen (secondary N) is 1. The summed E-state index contributed by atoms with van der Waals surface area (Å²) in [5.74, 6) is 0.125. The van der Waals surface area contributed by atoms with Crippen molar-refractivity contribution >= 4 is 35.1 Å². The highest BCUT2D eigenvalue weighted by Gasteiger charge is 2.16. The van der Waals surface area contributed by atoms with Crippen molar-refractivity contribution in [3.05, 3.63) is 131 Å². The van der Waals surface area contributed by atoms with Gasteiger partial charge < -0.3 is 5.32 Å². The summed E-state index contributed by atoms with van der Waals surface area (Å²) in [5.41, 5.74) is 3.38. The predicted octanol–water partition coefficient (Wildman–Crippen LogP) is 6.27. The standard InChI is InChI=1S/C28H23ClN2O2S/c29-24-14-11-22(12-15-24)26(32)19-34-27-16-13-23(17-30-27)28(33)31-18-25(20-7-3-1-4-8-20)21-9-5-2-6-10-21/h1-17,25H,18-19H2,(H,31,33). The summed E-state index contributed by atoms with van der Waals surface area (Å²) >= 11 is 7.21. The zero-order chi connectivity index (χ0) is 23.8. The van der Waals surface area contributed by atoms with E-state index in [1.54, 1.807) is 42.6 Å². The predicted molar refractivity (Wildman–Crippen MR) is 138 cm³/mol. The van der Waals surface area contributed by atoms with Crippen molar-refractivity contribution in [3.63, 3.8) is 0 Å². The van der Waals surface area contributed by atoms with Crippen molar-refractivity contribution in [1.29, 1.82) is 0 Å². The van der Waals surface area contributed by atoms with Crippen LogP contribution in [0, 0.1) is 0 Å². The fourth-order valence-electron chi connectivity index (χ4n) is 3.55. The number of benzene rings is 3. The Kier molecular flexibility index (Phi) is 8.12. The molecule has 170 valence electrons. The van der Waals surface area contributed by atoms with Crippen LogP contribution in [0.3, 0.4) is 0 Å². The Bertz CT molecular complexity index is 1190. The minimum atomic E-state index is -0.182. The molecule has 0 aliphatic heterocycles. The molecular weight excluding hydrogens is 464 g/mol. The number of nitrogens with zero attached hydrogens (tertiary/aromatic N) is 1. The van der Waals surface area contributed by atoms with Crippen molar-refractivity contribution in [2.75, 3.05) is 12.3 Å². The van der Waals surface area contributed by atoms with Gasteiger partial charge in [0.2, 0.25) is 0 Å². The first-order valence-electron chi connectivity index (χ1n) is 10.9. The molecule has 4 aromatic rings. The summed E-state index contributed by atoms with van der Waals surface area (Å²) in [6.07, 6.45) is 1.55. The van der Waals surface area contributed by atoms with Gasteiger partial charge in [0.15, 0.2) is 5.78 Å². The number of carbonyl (C=O) groups excluding carboxylic acids is 2. The molecule has 0 radical (unpaired) electrons. The molecule has 4 nitrogen and oxygen atoms in total. The number of ketones is 1. The summed E-state index contributed by atoms with van der Waals surface area (Å²) in [5, 5.41) is 4.32. The summed E-state index contributed by atoms with van der Waals surface area (Å²) in [7, 11) is 0. The van der Waals surface area contributed by atoms with Gasteiger partial charge in [-0.15, -0.1) is 0 Å². The fraction of sp³-hybridized carbons (Fsp3) is 0.107. The number of thioether (sulfide) groups is 1. The molecule has 0 atom stereocenters. The number of hydrogen-bond acceptors (Lipinski definition) is 4. The topological polar surface area (TPSA) is 59.1 Å². The molecule has 0 saturated carbocycles. The third-order valence-corrected chi connectivity index (χ3v) is 6.58. The van der Waals surface area contributed by atoms with E-state index in [1.165, 1.54) is 11.8 Å². The Morgan fingerprint density at radius 2 is 1.38 bits per heavy atom. The van der Waals surface area contributed by atoms with E-state index in [0.29, 0.717) is 27.7 Å². The molecule has 0 aliphatic rings. The van der Waals surface area contributed by atoms with Gasteiger partial charge >= 0.3 is 0 Å². The summed E-state index contributed by atoms with van der Waals surface area (Å²) in [6.45, 7) is 0.471. The molecule has 0 bridgehead atoms. The SMILES string of the molecule is O=C(CSc1ccc(C(=O)NCC(c2ccccc2)c2ccccc2)cn1)c1ccc(Cl)cc1. The van der Waals surface area contributed by atoms with E-state index in [4.69, 9.17) is 11.6 Å². The number of aromatic nitrogens is 1. The molecule has 3 aromatic carbocycles. The first-order valence-corrected chi connectivity index (χ1v) is 12.2. The lowest BCUT2D eigenvalue weighted by Gasteiger charge is -2.19. The highest BCUT2D eigenvalue weighted by atomic mass is 35.5. The average Bonchev–Trinajstić information content (AvgIpc) is 2.89. The third kappa shape index (κ3) is 6.34. The Balaban J connectivity index is 1.35. The van der Waals surface area contributed by atoms with E-state index >= 15 is 0 Å². The highest BCUT2D eigenvalue weighted by molar-refractivity contribution is 7.99. The Morgan fingerprint density at radius 3 is 1.94 bits per heavy atom. The van der Waals surface area contributed by atoms with E-state index in [1.807, 2.05) is 36.4 Å². The lowest BCUT2D eigenvalue weighted by atomic mass is 9.91. The van der Waals surface area contributed by atoms with Crippen LogP contribution in [0.1, 0.15) is 37.8 Å². The number of pyridine rings is 1. The van der Waals surface area contributed by atoms with Gasteiger partial charge in [-0.2, -0.15) is 0 Å². The number of halogens is 1. The normalized spacial score (nSPS) is 10.8. The van der Waals surface area contributed by atoms with Crippen LogP contribution in [-0.4, -0.2) is 29.0 Å². The van der Waals surface area contributed by atoms with E-state index in [0.717, 1.165) is 11.1 Å². The average molecular weight is 487 g/mol. The second-order valence-corrected chi connectivity index (χ2v) is 9.12. The largest absolute Gasteiger partial charge is 0.351 e. The minimum Gasteiger partial charge on any atom is -0.351 e. The maximum Gasteiger partial charge on any atom is 0.252 e. The van der Waals surface area contributed by atoms with Crippen LogP contribution >= 0.6 is 23.4 Å². The van der Waals surface area contributed by atoms with Crippen molar-refractivity contribution < 1.29 is 9.59 Å². The lowest BCUT2D eigenvalue weighted by Crippen LogP contribution is -2.29. The fourth-order valence-corrected chi connectivity index (χ4v) is 4.42. The molecule has 1 N–H and O–H groups in total. The number of carbonyl (C=O) groups is 2. The first kappa shape index (κ1) is 23.7. The number of Topliss-reactive ketones (excluding diaryl/α,β-unsaturated/α-hetero) is 1. The van der Waals surface area contributed by atoms with Crippen LogP contribution in [0.5, 0.6) is 0 Å². The van der Waals surface area contributed by atoms with Crippen LogP contribution in [0.15, 0.2) is 108 Å². The summed E-state index contributed by atoms with van der Waals surface area (Å²) < 4.78 is 0. The monoisotopic (exact) mass is 486 g/mol. The number of rotatable bonds is 9. The van der Waals surface area contributed by atoms with Crippen molar-refractivity contribution in [2.24, 2.45) is 0 Å². The van der Waals surface area contributed by atoms with Gasteiger partial charge in [-0.1, -0.05) is 84.0 Å². The van der Waals surface area contributed by atoms with Gasteiger partial charge in [-0.25, -0.2) is 4.98 Å². The quantitative estimate of drug-likeness (QED) is 0.224. The molecular formula is C28H23ClN2O2S. The molecule has 0 saturated heterocycles. The molecule has 0 unspecified atom stereocenters. The second kappa shape index (κ2) is 11.6. The summed E-state index contributed by atoms with van der Waals surface area (Å²) in [6, 6.07) is 30.6. The first-order chi connectivity index (χ1) is 16.6. The number of amides is 1. The Morgan fingerprint density at radius 1 is 0.794 bits per heavy atom. The van der Waals surface area contributed by atoms with Crippen LogP contribution in [-0.2, 0) is 0 Å². The molecule has 0 spiro atoms. The molecule has 1 amide bonds. The van der Waals surface area contributed by atoms with Crippen molar-refractivity contribution in [3.8, 4) is 0 Å². The van der Waals surface area contributed by atoms with Gasteiger partial charge in [0.05, 0.1) is 16.3 Å². The van der Waals surface area contributed by atoms with Crippen molar-refractivity contribution in [2.45, 2.75) is 10.9 Å². The van der Waals surface area contributed by atoms with Crippen molar-refractivity contribution in [1.82, 2.24) is 10.3 Å². The van der Waals surface area contributed by atoms with Gasteiger partial charge in [-0.05, 0) is 47.5 Å². The second-order valence-electron chi connectivity index (χ2n) is 7.69. The van der Waals surface area contributed by atoms with E-state index in [9.17, 15) is 9.59 Å². The van der Waals surface area contributed by atoms with E-state index < -0.39 is 0 Å². The van der Waals surface area contributed by atoms with Gasteiger partial charge in [-0.3, -0.25) is 9.59 Å². The Hall–Kier alpha value is -3.41. The zero-order valence-corrected chi connectivity index (χ0v) is 19.9. The molecule has 4 rings (SSSR count). The molecule has 0 aliphatic carbocycles. The van der Waals surface area contributed by atoms with Gasteiger partial charge in [0.1, 0.15) is 0 Å². The Labute approximate surface area is 208 Å². The third-order valence-electron chi connectivity index (χ3n) is 5.39. The van der Waals surface area contributed by atoms with Crippen LogP contribution in [0.2, 0.25) is 5.02 Å². The molecule has 34 heavy (non-hydrogen) atoms. The number of hydrogen-bond donors (Lipinski definition) is 1.